The van der Waals surface area contributed by atoms with Crippen LogP contribution >= 0.6 is 11.3 Å². The zero-order chi connectivity index (χ0) is 28.6. The number of carbonyl (C=O) groups excluding carboxylic acids is 1. The number of pyridine rings is 1. The van der Waals surface area contributed by atoms with Gasteiger partial charge in [0.1, 0.15) is 39.6 Å². The van der Waals surface area contributed by atoms with Crippen LogP contribution in [0, 0.1) is 17.1 Å². The fourth-order valence-corrected chi connectivity index (χ4v) is 5.54. The molecule has 11 heteroatoms. The van der Waals surface area contributed by atoms with Crippen LogP contribution in [0.15, 0.2) is 40.9 Å². The SMILES string of the molecule is CCc1oc2cnc(N3CCN(C(=O)OC(C)(C)C)CC3)cc2c1N(C)c1nc(-c2ccc(F)cc2)c(C#N)s1. The molecule has 1 aliphatic heterocycles. The third-order valence-corrected chi connectivity index (χ3v) is 7.68. The Morgan fingerprint density at radius 1 is 1.23 bits per heavy atom. The van der Waals surface area contributed by atoms with Crippen LogP contribution in [0.25, 0.3) is 22.2 Å². The molecule has 4 aromatic rings. The highest BCUT2D eigenvalue weighted by atomic mass is 32.1. The Morgan fingerprint density at radius 3 is 2.55 bits per heavy atom. The highest BCUT2D eigenvalue weighted by molar-refractivity contribution is 7.16. The summed E-state index contributed by atoms with van der Waals surface area (Å²) >= 11 is 1.27. The number of nitriles is 1. The molecule has 0 N–H and O–H groups in total. The zero-order valence-corrected chi connectivity index (χ0v) is 24.0. The maximum atomic E-state index is 13.5. The number of halogens is 1. The van der Waals surface area contributed by atoms with Gasteiger partial charge in [-0.15, -0.1) is 0 Å². The van der Waals surface area contributed by atoms with E-state index < -0.39 is 5.60 Å². The van der Waals surface area contributed by atoms with Gasteiger partial charge in [0, 0.05) is 50.6 Å². The van der Waals surface area contributed by atoms with Gasteiger partial charge in [-0.1, -0.05) is 18.3 Å². The molecule has 0 unspecified atom stereocenters. The van der Waals surface area contributed by atoms with Gasteiger partial charge in [-0.2, -0.15) is 5.26 Å². The Kier molecular flexibility index (Phi) is 7.38. The molecule has 5 rings (SSSR count). The number of anilines is 3. The summed E-state index contributed by atoms with van der Waals surface area (Å²) in [4.78, 5) is 28.2. The standard InChI is InChI=1S/C29H31FN6O3S/c1-6-21-26(34(5)27-33-25(23(16-31)40-27)18-7-9-19(30)10-8-18)20-15-24(32-17-22(20)38-21)35-11-13-36(14-12-35)28(37)39-29(2,3)4/h7-10,15,17H,6,11-14H2,1-5H3. The minimum Gasteiger partial charge on any atom is -0.457 e. The van der Waals surface area contributed by atoms with Crippen molar-refractivity contribution >= 4 is 45.0 Å². The van der Waals surface area contributed by atoms with E-state index in [4.69, 9.17) is 14.1 Å². The number of ether oxygens (including phenoxy) is 1. The number of amides is 1. The van der Waals surface area contributed by atoms with E-state index >= 15 is 0 Å². The van der Waals surface area contributed by atoms with Gasteiger partial charge >= 0.3 is 6.09 Å². The number of furan rings is 1. The average Bonchev–Trinajstić information content (AvgIpc) is 3.53. The summed E-state index contributed by atoms with van der Waals surface area (Å²) < 4.78 is 25.2. The van der Waals surface area contributed by atoms with Crippen molar-refractivity contribution in [2.75, 3.05) is 43.0 Å². The average molecular weight is 563 g/mol. The highest BCUT2D eigenvalue weighted by Gasteiger charge is 2.28. The number of aryl methyl sites for hydroxylation is 1. The molecule has 9 nitrogen and oxygen atoms in total. The quantitative estimate of drug-likeness (QED) is 0.278. The van der Waals surface area contributed by atoms with Crippen LogP contribution in [0.3, 0.4) is 0 Å². The molecular formula is C29H31FN6O3S. The maximum absolute atomic E-state index is 13.5. The fourth-order valence-electron chi connectivity index (χ4n) is 4.68. The first-order valence-corrected chi connectivity index (χ1v) is 13.9. The number of aromatic nitrogens is 2. The second-order valence-electron chi connectivity index (χ2n) is 10.6. The minimum atomic E-state index is -0.535. The first kappa shape index (κ1) is 27.4. The van der Waals surface area contributed by atoms with Gasteiger partial charge in [-0.05, 0) is 51.1 Å². The Bertz CT molecular complexity index is 1580. The minimum absolute atomic E-state index is 0.304. The Morgan fingerprint density at radius 2 is 1.93 bits per heavy atom. The van der Waals surface area contributed by atoms with Gasteiger partial charge in [0.2, 0.25) is 0 Å². The lowest BCUT2D eigenvalue weighted by molar-refractivity contribution is 0.0240. The van der Waals surface area contributed by atoms with Crippen molar-refractivity contribution in [2.24, 2.45) is 0 Å². The number of hydrogen-bond donors (Lipinski definition) is 0. The first-order valence-electron chi connectivity index (χ1n) is 13.1. The van der Waals surface area contributed by atoms with Crippen LogP contribution in [-0.4, -0.2) is 59.8 Å². The van der Waals surface area contributed by atoms with Crippen molar-refractivity contribution in [1.82, 2.24) is 14.9 Å². The van der Waals surface area contributed by atoms with Crippen LogP contribution in [0.2, 0.25) is 0 Å². The Labute approximate surface area is 236 Å². The van der Waals surface area contributed by atoms with E-state index in [2.05, 4.69) is 16.0 Å². The fraction of sp³-hybridized carbons (Fsp3) is 0.379. The molecule has 0 atom stereocenters. The van der Waals surface area contributed by atoms with Crippen LogP contribution in [0.4, 0.5) is 25.8 Å². The third-order valence-electron chi connectivity index (χ3n) is 6.64. The smallest absolute Gasteiger partial charge is 0.410 e. The number of carbonyl (C=O) groups is 1. The van der Waals surface area contributed by atoms with Gasteiger partial charge in [0.15, 0.2) is 10.7 Å². The monoisotopic (exact) mass is 562 g/mol. The second-order valence-corrected chi connectivity index (χ2v) is 11.5. The number of hydrogen-bond acceptors (Lipinski definition) is 9. The highest BCUT2D eigenvalue weighted by Crippen LogP contribution is 2.41. The number of rotatable bonds is 5. The molecule has 0 bridgehead atoms. The molecule has 4 heterocycles. The van der Waals surface area contributed by atoms with Crippen molar-refractivity contribution < 1.29 is 18.3 Å². The molecule has 1 fully saturated rings. The second kappa shape index (κ2) is 10.8. The van der Waals surface area contributed by atoms with Gasteiger partial charge in [-0.3, -0.25) is 0 Å². The number of piperazine rings is 1. The number of thiazole rings is 1. The summed E-state index contributed by atoms with van der Waals surface area (Å²) in [5.41, 5.74) is 2.18. The van der Waals surface area contributed by atoms with Crippen molar-refractivity contribution in [3.63, 3.8) is 0 Å². The van der Waals surface area contributed by atoms with Crippen LogP contribution in [-0.2, 0) is 11.2 Å². The van der Waals surface area contributed by atoms with E-state index in [9.17, 15) is 14.4 Å². The molecule has 3 aromatic heterocycles. The van der Waals surface area contributed by atoms with Crippen molar-refractivity contribution in [3.05, 3.63) is 53.0 Å². The van der Waals surface area contributed by atoms with Crippen molar-refractivity contribution in [1.29, 1.82) is 5.26 Å². The summed E-state index contributed by atoms with van der Waals surface area (Å²) in [5.74, 6) is 1.23. The molecule has 40 heavy (non-hydrogen) atoms. The molecular weight excluding hydrogens is 531 g/mol. The Hall–Kier alpha value is -4.17. The van der Waals surface area contributed by atoms with E-state index in [0.717, 1.165) is 22.7 Å². The predicted octanol–water partition coefficient (Wildman–Crippen LogP) is 6.35. The number of fused-ring (bicyclic) bond motifs is 1. The zero-order valence-electron chi connectivity index (χ0n) is 23.2. The molecule has 0 aliphatic carbocycles. The summed E-state index contributed by atoms with van der Waals surface area (Å²) in [6.07, 6.45) is 2.08. The number of nitrogens with zero attached hydrogens (tertiary/aromatic N) is 6. The molecule has 1 aliphatic rings. The molecule has 1 aromatic carbocycles. The normalized spacial score (nSPS) is 13.9. The van der Waals surface area contributed by atoms with Crippen LogP contribution in [0.1, 0.15) is 38.3 Å². The van der Waals surface area contributed by atoms with Gasteiger partial charge in [0.25, 0.3) is 0 Å². The summed E-state index contributed by atoms with van der Waals surface area (Å²) in [6, 6.07) is 10.2. The van der Waals surface area contributed by atoms with Gasteiger partial charge in [-0.25, -0.2) is 19.2 Å². The summed E-state index contributed by atoms with van der Waals surface area (Å²) in [5, 5.41) is 11.3. The molecule has 1 amide bonds. The van der Waals surface area contributed by atoms with E-state index in [1.807, 2.05) is 45.7 Å². The van der Waals surface area contributed by atoms with E-state index in [1.54, 1.807) is 23.2 Å². The number of benzene rings is 1. The summed E-state index contributed by atoms with van der Waals surface area (Å²) in [7, 11) is 1.90. The molecule has 0 spiro atoms. The molecule has 0 saturated carbocycles. The third kappa shape index (κ3) is 5.45. The van der Waals surface area contributed by atoms with Crippen LogP contribution < -0.4 is 9.80 Å². The maximum Gasteiger partial charge on any atom is 0.410 e. The lowest BCUT2D eigenvalue weighted by Crippen LogP contribution is -2.50. The first-order chi connectivity index (χ1) is 19.1. The van der Waals surface area contributed by atoms with Crippen molar-refractivity contribution in [3.8, 4) is 17.3 Å². The topological polar surface area (TPSA) is 98.7 Å². The lowest BCUT2D eigenvalue weighted by Gasteiger charge is -2.36. The Balaban J connectivity index is 1.43. The van der Waals surface area contributed by atoms with E-state index in [1.165, 1.54) is 23.5 Å². The molecule has 1 saturated heterocycles. The van der Waals surface area contributed by atoms with E-state index in [-0.39, 0.29) is 11.9 Å². The van der Waals surface area contributed by atoms with E-state index in [0.29, 0.717) is 59.4 Å². The lowest BCUT2D eigenvalue weighted by atomic mass is 10.1. The van der Waals surface area contributed by atoms with Crippen LogP contribution in [0.5, 0.6) is 0 Å². The molecule has 0 radical (unpaired) electrons. The molecule has 208 valence electrons. The largest absolute Gasteiger partial charge is 0.457 e. The van der Waals surface area contributed by atoms with Gasteiger partial charge in [0.05, 0.1) is 11.9 Å². The van der Waals surface area contributed by atoms with Crippen molar-refractivity contribution in [2.45, 2.75) is 39.7 Å². The summed E-state index contributed by atoms with van der Waals surface area (Å²) in [6.45, 7) is 9.93. The van der Waals surface area contributed by atoms with Gasteiger partial charge < -0.3 is 23.9 Å². The predicted molar refractivity (Wildman–Crippen MR) is 154 cm³/mol.